The van der Waals surface area contributed by atoms with Gasteiger partial charge in [0.2, 0.25) is 0 Å². The summed E-state index contributed by atoms with van der Waals surface area (Å²) in [5.74, 6) is 2.39. The highest BCUT2D eigenvalue weighted by molar-refractivity contribution is 5.90. The second-order valence-electron chi connectivity index (χ2n) is 9.47. The number of para-hydroxylation sites is 1. The summed E-state index contributed by atoms with van der Waals surface area (Å²) in [6.45, 7) is 17.6. The van der Waals surface area contributed by atoms with Gasteiger partial charge in [0.15, 0.2) is 0 Å². The molecular formula is C27H36N2O. The van der Waals surface area contributed by atoms with Crippen molar-refractivity contribution in [3.63, 3.8) is 0 Å². The van der Waals surface area contributed by atoms with E-state index in [1.165, 1.54) is 11.1 Å². The van der Waals surface area contributed by atoms with Crippen LogP contribution < -0.4 is 15.4 Å². The minimum absolute atomic E-state index is 0.347. The number of hydrogen-bond acceptors (Lipinski definition) is 1. The molecule has 0 aromatic heterocycles. The van der Waals surface area contributed by atoms with E-state index in [1.807, 2.05) is 0 Å². The third kappa shape index (κ3) is 4.08. The first-order chi connectivity index (χ1) is 14.1. The zero-order valence-electron chi connectivity index (χ0n) is 20.0. The second kappa shape index (κ2) is 8.75. The lowest BCUT2D eigenvalue weighted by atomic mass is 9.92. The Bertz CT molecular complexity index is 867. The van der Waals surface area contributed by atoms with Gasteiger partial charge in [-0.2, -0.15) is 0 Å². The summed E-state index contributed by atoms with van der Waals surface area (Å²) < 4.78 is 6.04. The van der Waals surface area contributed by atoms with Crippen LogP contribution in [0.4, 0.5) is 0 Å². The zero-order chi connectivity index (χ0) is 22.2. The van der Waals surface area contributed by atoms with E-state index in [2.05, 4.69) is 85.7 Å². The highest BCUT2D eigenvalue weighted by Gasteiger charge is 2.28. The van der Waals surface area contributed by atoms with Gasteiger partial charge in [-0.3, -0.25) is 10.6 Å². The molecule has 0 atom stereocenters. The Morgan fingerprint density at radius 2 is 1.03 bits per heavy atom. The van der Waals surface area contributed by atoms with E-state index in [4.69, 9.17) is 15.4 Å². The van der Waals surface area contributed by atoms with Crippen LogP contribution in [0.5, 0.6) is 5.75 Å². The van der Waals surface area contributed by atoms with Crippen LogP contribution in [0.15, 0.2) is 53.1 Å². The standard InChI is InChI=1S/C27H36N2O/c1-15(2)23-13-21(25(28-23)17(5)6)19-11-10-12-20(27(19)30-9)22-14-24(16(3)4)29-26(22)18(7)8/h10-18H,1-9H3. The van der Waals surface area contributed by atoms with Gasteiger partial charge in [-0.15, -0.1) is 0 Å². The van der Waals surface area contributed by atoms with Crippen molar-refractivity contribution in [2.75, 3.05) is 7.11 Å². The normalized spacial score (nSPS) is 16.7. The van der Waals surface area contributed by atoms with Gasteiger partial charge in [0, 0.05) is 33.7 Å². The Labute approximate surface area is 183 Å². The minimum atomic E-state index is 0.347. The molecule has 2 heterocycles. The van der Waals surface area contributed by atoms with Crippen LogP contribution in [0.1, 0.15) is 66.5 Å². The van der Waals surface area contributed by atoms with Gasteiger partial charge in [-0.1, -0.05) is 73.6 Å². The van der Waals surface area contributed by atoms with Crippen molar-refractivity contribution in [2.24, 2.45) is 23.7 Å². The molecule has 160 valence electrons. The molecule has 30 heavy (non-hydrogen) atoms. The lowest BCUT2D eigenvalue weighted by Crippen LogP contribution is -2.10. The summed E-state index contributed by atoms with van der Waals surface area (Å²) in [6.07, 6.45) is 4.49. The molecule has 0 unspecified atom stereocenters. The molecule has 3 nitrogen and oxygen atoms in total. The molecule has 3 heteroatoms. The van der Waals surface area contributed by atoms with E-state index < -0.39 is 0 Å². The molecule has 0 amide bonds. The Hall–Kier alpha value is -2.42. The maximum Gasteiger partial charge on any atom is 0.134 e. The predicted molar refractivity (Wildman–Crippen MR) is 127 cm³/mol. The highest BCUT2D eigenvalue weighted by atomic mass is 16.5. The lowest BCUT2D eigenvalue weighted by molar-refractivity contribution is 0.412. The van der Waals surface area contributed by atoms with Gasteiger partial charge in [0.25, 0.3) is 0 Å². The molecule has 2 aliphatic rings. The van der Waals surface area contributed by atoms with E-state index in [9.17, 15) is 0 Å². The number of methoxy groups -OCH3 is 1. The Kier molecular flexibility index (Phi) is 6.50. The Morgan fingerprint density at radius 3 is 1.33 bits per heavy atom. The van der Waals surface area contributed by atoms with Crippen molar-refractivity contribution >= 4 is 11.1 Å². The van der Waals surface area contributed by atoms with Crippen molar-refractivity contribution in [1.29, 1.82) is 0 Å². The average molecular weight is 405 g/mol. The number of nitrogens with zero attached hydrogens (tertiary/aromatic N) is 2. The van der Waals surface area contributed by atoms with Gasteiger partial charge in [-0.05, 0) is 35.8 Å². The van der Waals surface area contributed by atoms with Crippen LogP contribution in [0.2, 0.25) is 0 Å². The van der Waals surface area contributed by atoms with Gasteiger partial charge < -0.3 is 4.74 Å². The highest BCUT2D eigenvalue weighted by Crippen LogP contribution is 2.43. The molecule has 1 aromatic carbocycles. The first kappa shape index (κ1) is 22.3. The van der Waals surface area contributed by atoms with Crippen molar-refractivity contribution in [3.05, 3.63) is 64.3 Å². The van der Waals surface area contributed by atoms with E-state index >= 15 is 0 Å². The largest absolute Gasteiger partial charge is 0.495 e. The number of hydrogen-bond donors (Lipinski definition) is 0. The third-order valence-corrected chi connectivity index (χ3v) is 5.71. The molecule has 2 aliphatic heterocycles. The van der Waals surface area contributed by atoms with E-state index in [-0.39, 0.29) is 0 Å². The molecule has 1 aromatic rings. The van der Waals surface area contributed by atoms with Crippen molar-refractivity contribution < 1.29 is 4.74 Å². The number of benzene rings is 1. The van der Waals surface area contributed by atoms with Crippen LogP contribution >= 0.6 is 0 Å². The van der Waals surface area contributed by atoms with Crippen molar-refractivity contribution in [2.45, 2.75) is 55.4 Å². The van der Waals surface area contributed by atoms with Crippen LogP contribution in [-0.2, 0) is 0 Å². The smallest absolute Gasteiger partial charge is 0.134 e. The van der Waals surface area contributed by atoms with Crippen LogP contribution in [0.3, 0.4) is 0 Å². The zero-order valence-corrected chi connectivity index (χ0v) is 20.0. The maximum absolute atomic E-state index is 6.04. The molecule has 3 rings (SSSR count). The van der Waals surface area contributed by atoms with E-state index in [1.54, 1.807) is 7.11 Å². The minimum Gasteiger partial charge on any atom is -0.495 e. The SMILES string of the molecule is COc1c(C2=C(C(C)C)[N]C(C(C)C)=C2)cccc1C1=C(C(C)C)[N]C(C(C)C)=C1. The molecule has 0 N–H and O–H groups in total. The first-order valence-corrected chi connectivity index (χ1v) is 11.2. The Balaban J connectivity index is 2.21. The summed E-state index contributed by atoms with van der Waals surface area (Å²) >= 11 is 0. The molecule has 2 radical (unpaired) electrons. The summed E-state index contributed by atoms with van der Waals surface area (Å²) in [5.41, 5.74) is 9.15. The van der Waals surface area contributed by atoms with Crippen LogP contribution in [-0.4, -0.2) is 7.11 Å². The molecule has 0 saturated heterocycles. The predicted octanol–water partition coefficient (Wildman–Crippen LogP) is 6.75. The fourth-order valence-electron chi connectivity index (χ4n) is 3.99. The molecular weight excluding hydrogens is 368 g/mol. The van der Waals surface area contributed by atoms with Crippen LogP contribution in [0.25, 0.3) is 11.1 Å². The molecule has 0 spiro atoms. The average Bonchev–Trinajstić information content (AvgIpc) is 3.32. The molecule has 0 saturated carbocycles. The molecule has 0 aliphatic carbocycles. The monoisotopic (exact) mass is 404 g/mol. The van der Waals surface area contributed by atoms with E-state index in [0.29, 0.717) is 23.7 Å². The van der Waals surface area contributed by atoms with Crippen LogP contribution in [0, 0.1) is 23.7 Å². The topological polar surface area (TPSA) is 37.4 Å². The fourth-order valence-corrected chi connectivity index (χ4v) is 3.99. The number of rotatable bonds is 7. The second-order valence-corrected chi connectivity index (χ2v) is 9.47. The fraction of sp³-hybridized carbons (Fsp3) is 0.481. The maximum atomic E-state index is 6.04. The summed E-state index contributed by atoms with van der Waals surface area (Å²) in [4.78, 5) is 0. The quantitative estimate of drug-likeness (QED) is 0.495. The van der Waals surface area contributed by atoms with Gasteiger partial charge in [0.1, 0.15) is 5.75 Å². The lowest BCUT2D eigenvalue weighted by Gasteiger charge is -2.18. The van der Waals surface area contributed by atoms with Gasteiger partial charge in [0.05, 0.1) is 18.5 Å². The third-order valence-electron chi connectivity index (χ3n) is 5.71. The summed E-state index contributed by atoms with van der Waals surface area (Å²) in [5, 5.41) is 9.94. The number of ether oxygens (including phenoxy) is 1. The molecule has 0 fully saturated rings. The summed E-state index contributed by atoms with van der Waals surface area (Å²) in [7, 11) is 1.77. The van der Waals surface area contributed by atoms with Gasteiger partial charge in [-0.25, -0.2) is 0 Å². The first-order valence-electron chi connectivity index (χ1n) is 11.2. The Morgan fingerprint density at radius 1 is 0.633 bits per heavy atom. The number of allylic oxidation sites excluding steroid dienone is 8. The van der Waals surface area contributed by atoms with Crippen molar-refractivity contribution in [3.8, 4) is 5.75 Å². The van der Waals surface area contributed by atoms with Crippen molar-refractivity contribution in [1.82, 2.24) is 10.6 Å². The summed E-state index contributed by atoms with van der Waals surface area (Å²) in [6, 6.07) is 6.44. The molecule has 0 bridgehead atoms. The van der Waals surface area contributed by atoms with Gasteiger partial charge >= 0.3 is 0 Å². The van der Waals surface area contributed by atoms with E-state index in [0.717, 1.165) is 39.7 Å².